The Morgan fingerprint density at radius 1 is 1.35 bits per heavy atom. The highest BCUT2D eigenvalue weighted by molar-refractivity contribution is 7.88. The Morgan fingerprint density at radius 3 is 2.70 bits per heavy atom. The Kier molecular flexibility index (Phi) is 5.95. The number of halogens is 1. The van der Waals surface area contributed by atoms with E-state index in [9.17, 15) is 17.6 Å². The van der Waals surface area contributed by atoms with Crippen molar-refractivity contribution < 1.29 is 22.3 Å². The van der Waals surface area contributed by atoms with Gasteiger partial charge in [-0.3, -0.25) is 4.79 Å². The van der Waals surface area contributed by atoms with Crippen LogP contribution in [-0.2, 0) is 14.8 Å². The third kappa shape index (κ3) is 5.80. The first-order valence-corrected chi connectivity index (χ1v) is 9.37. The molecule has 1 aliphatic heterocycles. The lowest BCUT2D eigenvalue weighted by Crippen LogP contribution is -2.50. The highest BCUT2D eigenvalue weighted by Gasteiger charge is 2.27. The molecule has 0 unspecified atom stereocenters. The maximum Gasteiger partial charge on any atom is 0.260 e. The van der Waals surface area contributed by atoms with Gasteiger partial charge >= 0.3 is 0 Å². The second-order valence-electron chi connectivity index (χ2n) is 5.60. The first-order valence-electron chi connectivity index (χ1n) is 7.47. The number of nitrogens with one attached hydrogen (secondary N) is 1. The molecule has 1 atom stereocenters. The van der Waals surface area contributed by atoms with E-state index in [1.54, 1.807) is 4.90 Å². The fourth-order valence-electron chi connectivity index (χ4n) is 2.55. The molecule has 8 heteroatoms. The Hall–Kier alpha value is -1.67. The number of piperidine rings is 1. The van der Waals surface area contributed by atoms with Gasteiger partial charge in [0.15, 0.2) is 6.61 Å². The first kappa shape index (κ1) is 17.7. The summed E-state index contributed by atoms with van der Waals surface area (Å²) in [5.74, 6) is -0.150. The monoisotopic (exact) mass is 344 g/mol. The number of hydrogen-bond acceptors (Lipinski definition) is 4. The van der Waals surface area contributed by atoms with Crippen LogP contribution < -0.4 is 9.46 Å². The summed E-state index contributed by atoms with van der Waals surface area (Å²) in [7, 11) is -3.29. The van der Waals surface area contributed by atoms with Crippen LogP contribution in [0.2, 0.25) is 0 Å². The normalized spacial score (nSPS) is 18.7. The average molecular weight is 344 g/mol. The lowest BCUT2D eigenvalue weighted by atomic mass is 10.0. The summed E-state index contributed by atoms with van der Waals surface area (Å²) in [6.45, 7) is 0.643. The molecule has 1 fully saturated rings. The second kappa shape index (κ2) is 7.74. The first-order chi connectivity index (χ1) is 10.8. The van der Waals surface area contributed by atoms with Crippen molar-refractivity contribution in [2.75, 3.05) is 26.0 Å². The van der Waals surface area contributed by atoms with Gasteiger partial charge in [-0.25, -0.2) is 17.5 Å². The molecule has 0 aliphatic carbocycles. The van der Waals surface area contributed by atoms with E-state index in [4.69, 9.17) is 4.74 Å². The minimum Gasteiger partial charge on any atom is -0.484 e. The number of amides is 1. The molecular weight excluding hydrogens is 323 g/mol. The van der Waals surface area contributed by atoms with E-state index in [1.165, 1.54) is 24.3 Å². The van der Waals surface area contributed by atoms with Crippen LogP contribution >= 0.6 is 0 Å². The smallest absolute Gasteiger partial charge is 0.260 e. The quantitative estimate of drug-likeness (QED) is 0.839. The molecular formula is C15H21FN2O4S. The van der Waals surface area contributed by atoms with Crippen LogP contribution in [0, 0.1) is 5.82 Å². The standard InChI is InChI=1S/C15H21FN2O4S/c1-23(20,21)17-10-13-4-2-3-9-18(13)15(19)11-22-14-7-5-12(16)6-8-14/h5-8,13,17H,2-4,9-11H2,1H3/t13-/m1/s1. The molecule has 6 nitrogen and oxygen atoms in total. The van der Waals surface area contributed by atoms with Crippen LogP contribution in [0.15, 0.2) is 24.3 Å². The lowest BCUT2D eigenvalue weighted by molar-refractivity contribution is -0.136. The highest BCUT2D eigenvalue weighted by Crippen LogP contribution is 2.18. The van der Waals surface area contributed by atoms with Gasteiger partial charge in [0.25, 0.3) is 5.91 Å². The Morgan fingerprint density at radius 2 is 2.04 bits per heavy atom. The van der Waals surface area contributed by atoms with Gasteiger partial charge in [-0.05, 0) is 43.5 Å². The van der Waals surface area contributed by atoms with E-state index in [-0.39, 0.29) is 30.9 Å². The molecule has 1 heterocycles. The lowest BCUT2D eigenvalue weighted by Gasteiger charge is -2.35. The van der Waals surface area contributed by atoms with Gasteiger partial charge in [0.2, 0.25) is 10.0 Å². The van der Waals surface area contributed by atoms with E-state index in [1.807, 2.05) is 0 Å². The van der Waals surface area contributed by atoms with Crippen molar-refractivity contribution in [1.82, 2.24) is 9.62 Å². The van der Waals surface area contributed by atoms with Crippen LogP contribution in [0.3, 0.4) is 0 Å². The average Bonchev–Trinajstić information content (AvgIpc) is 2.52. The summed E-state index contributed by atoms with van der Waals surface area (Å²) in [6.07, 6.45) is 3.70. The van der Waals surface area contributed by atoms with Crippen molar-refractivity contribution >= 4 is 15.9 Å². The summed E-state index contributed by atoms with van der Waals surface area (Å²) in [5.41, 5.74) is 0. The summed E-state index contributed by atoms with van der Waals surface area (Å²) in [4.78, 5) is 14.0. The van der Waals surface area contributed by atoms with Crippen molar-refractivity contribution in [3.63, 3.8) is 0 Å². The topological polar surface area (TPSA) is 75.7 Å². The number of hydrogen-bond donors (Lipinski definition) is 1. The van der Waals surface area contributed by atoms with Crippen molar-refractivity contribution in [1.29, 1.82) is 0 Å². The van der Waals surface area contributed by atoms with Gasteiger partial charge in [0, 0.05) is 19.1 Å². The van der Waals surface area contributed by atoms with Crippen LogP contribution in [0.4, 0.5) is 4.39 Å². The molecule has 1 amide bonds. The third-order valence-electron chi connectivity index (χ3n) is 3.70. The fraction of sp³-hybridized carbons (Fsp3) is 0.533. The summed E-state index contributed by atoms with van der Waals surface area (Å²) in [6, 6.07) is 5.28. The maximum atomic E-state index is 12.8. The molecule has 0 aromatic heterocycles. The molecule has 128 valence electrons. The fourth-order valence-corrected chi connectivity index (χ4v) is 3.04. The van der Waals surface area contributed by atoms with E-state index in [0.29, 0.717) is 12.3 Å². The van der Waals surface area contributed by atoms with Crippen molar-refractivity contribution in [2.45, 2.75) is 25.3 Å². The van der Waals surface area contributed by atoms with Gasteiger partial charge in [-0.2, -0.15) is 0 Å². The van der Waals surface area contributed by atoms with Gasteiger partial charge in [0.05, 0.1) is 6.26 Å². The maximum absolute atomic E-state index is 12.8. The number of likely N-dealkylation sites (tertiary alicyclic amines) is 1. The van der Waals surface area contributed by atoms with Gasteiger partial charge in [0.1, 0.15) is 11.6 Å². The number of rotatable bonds is 6. The van der Waals surface area contributed by atoms with Crippen LogP contribution in [0.25, 0.3) is 0 Å². The zero-order valence-corrected chi connectivity index (χ0v) is 13.8. The predicted octanol–water partition coefficient (Wildman–Crippen LogP) is 1.13. The molecule has 1 aromatic carbocycles. The molecule has 0 spiro atoms. The number of benzene rings is 1. The molecule has 1 saturated heterocycles. The molecule has 0 bridgehead atoms. The molecule has 1 aromatic rings. The van der Waals surface area contributed by atoms with Crippen LogP contribution in [-0.4, -0.2) is 51.2 Å². The number of sulfonamides is 1. The number of carbonyl (C=O) groups excluding carboxylic acids is 1. The second-order valence-corrected chi connectivity index (χ2v) is 7.43. The highest BCUT2D eigenvalue weighted by atomic mass is 32.2. The van der Waals surface area contributed by atoms with Crippen molar-refractivity contribution in [3.8, 4) is 5.75 Å². The zero-order valence-electron chi connectivity index (χ0n) is 13.0. The van der Waals surface area contributed by atoms with Crippen LogP contribution in [0.1, 0.15) is 19.3 Å². The Bertz CT molecular complexity index is 633. The number of carbonyl (C=O) groups is 1. The predicted molar refractivity (Wildman–Crippen MR) is 84.1 cm³/mol. The zero-order chi connectivity index (χ0) is 16.9. The molecule has 23 heavy (non-hydrogen) atoms. The minimum absolute atomic E-state index is 0.152. The summed E-state index contributed by atoms with van der Waals surface area (Å²) >= 11 is 0. The summed E-state index contributed by atoms with van der Waals surface area (Å²) in [5, 5.41) is 0. The van der Waals surface area contributed by atoms with Gasteiger partial charge in [-0.15, -0.1) is 0 Å². The SMILES string of the molecule is CS(=O)(=O)NC[C@H]1CCCCN1C(=O)COc1ccc(F)cc1. The molecule has 0 saturated carbocycles. The van der Waals surface area contributed by atoms with E-state index < -0.39 is 10.0 Å². The number of nitrogens with zero attached hydrogens (tertiary/aromatic N) is 1. The van der Waals surface area contributed by atoms with Crippen molar-refractivity contribution in [2.24, 2.45) is 0 Å². The van der Waals surface area contributed by atoms with Gasteiger partial charge in [-0.1, -0.05) is 0 Å². The third-order valence-corrected chi connectivity index (χ3v) is 4.40. The van der Waals surface area contributed by atoms with Crippen molar-refractivity contribution in [3.05, 3.63) is 30.1 Å². The Balaban J connectivity index is 1.90. The Labute approximate surface area is 135 Å². The van der Waals surface area contributed by atoms with E-state index in [2.05, 4.69) is 4.72 Å². The van der Waals surface area contributed by atoms with E-state index in [0.717, 1.165) is 25.5 Å². The largest absolute Gasteiger partial charge is 0.484 e. The summed E-state index contributed by atoms with van der Waals surface area (Å²) < 4.78 is 43.1. The number of ether oxygens (including phenoxy) is 1. The molecule has 1 aliphatic rings. The van der Waals surface area contributed by atoms with Gasteiger partial charge < -0.3 is 9.64 Å². The molecule has 0 radical (unpaired) electrons. The van der Waals surface area contributed by atoms with E-state index >= 15 is 0 Å². The minimum atomic E-state index is -3.29. The van der Waals surface area contributed by atoms with Crippen LogP contribution in [0.5, 0.6) is 5.75 Å². The molecule has 1 N–H and O–H groups in total. The molecule has 2 rings (SSSR count).